The van der Waals surface area contributed by atoms with Crippen molar-refractivity contribution < 1.29 is 33.6 Å². The minimum Gasteiger partial charge on any atom is -0.493 e. The summed E-state index contributed by atoms with van der Waals surface area (Å²) in [6.07, 6.45) is -0.796. The number of aromatic nitrogens is 2. The van der Waals surface area contributed by atoms with Crippen molar-refractivity contribution in [1.29, 1.82) is 0 Å². The number of methoxy groups -OCH3 is 1. The van der Waals surface area contributed by atoms with Gasteiger partial charge in [0.15, 0.2) is 11.5 Å². The van der Waals surface area contributed by atoms with E-state index in [0.29, 0.717) is 50.2 Å². The zero-order valence-corrected chi connectivity index (χ0v) is 23.2. The number of ether oxygens (including phenoxy) is 3. The Morgan fingerprint density at radius 3 is 2.59 bits per heavy atom. The van der Waals surface area contributed by atoms with Crippen LogP contribution in [0.5, 0.6) is 17.2 Å². The normalized spacial score (nSPS) is 12.4. The molecule has 0 aliphatic carbocycles. The standard InChI is InChI=1S/C29H30ClFN4O6/c1-32-28(38)11-20(36)10-21(37)15-41-27-12-22-24(13-26(27)39-2)33-16-34-29(22)35-19-6-7-25(23(30)9-19)40-14-17-4-3-5-18(31)8-17/h3-9,12-13,16,20-21,36-37H,10-11,14-15H2,1-2H3,(H,32,38)(H,33,34,35). The average Bonchev–Trinajstić information content (AvgIpc) is 2.95. The highest BCUT2D eigenvalue weighted by atomic mass is 35.5. The van der Waals surface area contributed by atoms with Crippen LogP contribution in [0.4, 0.5) is 15.9 Å². The Labute approximate surface area is 241 Å². The smallest absolute Gasteiger partial charge is 0.222 e. The molecule has 0 spiro atoms. The molecule has 0 aliphatic rings. The molecule has 0 bridgehead atoms. The predicted octanol–water partition coefficient (Wildman–Crippen LogP) is 4.38. The summed E-state index contributed by atoms with van der Waals surface area (Å²) >= 11 is 6.45. The topological polar surface area (TPSA) is 135 Å². The minimum absolute atomic E-state index is 0.0397. The number of aliphatic hydroxyl groups excluding tert-OH is 2. The molecule has 1 heterocycles. The average molecular weight is 585 g/mol. The molecule has 4 aromatic rings. The van der Waals surface area contributed by atoms with Crippen LogP contribution in [0.1, 0.15) is 18.4 Å². The molecule has 0 saturated carbocycles. The molecule has 3 aromatic carbocycles. The molecule has 1 amide bonds. The fourth-order valence-corrected chi connectivity index (χ4v) is 4.26. The summed E-state index contributed by atoms with van der Waals surface area (Å²) in [6.45, 7) is 0.0168. The van der Waals surface area contributed by atoms with Gasteiger partial charge in [-0.1, -0.05) is 23.7 Å². The molecule has 0 radical (unpaired) electrons. The van der Waals surface area contributed by atoms with Gasteiger partial charge in [0.1, 0.15) is 36.9 Å². The first kappa shape index (κ1) is 29.8. The van der Waals surface area contributed by atoms with Crippen LogP contribution in [-0.2, 0) is 11.4 Å². The second-order valence-corrected chi connectivity index (χ2v) is 9.57. The van der Waals surface area contributed by atoms with Crippen LogP contribution in [0.25, 0.3) is 10.9 Å². The molecular formula is C29H30ClFN4O6. The molecule has 12 heteroatoms. The van der Waals surface area contributed by atoms with Crippen LogP contribution >= 0.6 is 11.6 Å². The molecule has 0 fully saturated rings. The van der Waals surface area contributed by atoms with Gasteiger partial charge in [-0.05, 0) is 42.0 Å². The van der Waals surface area contributed by atoms with Crippen LogP contribution < -0.4 is 24.8 Å². The number of anilines is 2. The Morgan fingerprint density at radius 2 is 1.85 bits per heavy atom. The van der Waals surface area contributed by atoms with Gasteiger partial charge in [-0.2, -0.15) is 0 Å². The van der Waals surface area contributed by atoms with Crippen molar-refractivity contribution >= 4 is 39.9 Å². The number of rotatable bonds is 13. The lowest BCUT2D eigenvalue weighted by atomic mass is 10.1. The summed E-state index contributed by atoms with van der Waals surface area (Å²) in [5, 5.41) is 26.9. The van der Waals surface area contributed by atoms with E-state index >= 15 is 0 Å². The molecule has 4 N–H and O–H groups in total. The fourth-order valence-electron chi connectivity index (χ4n) is 4.02. The SMILES string of the molecule is CNC(=O)CC(O)CC(O)COc1cc2c(Nc3ccc(OCc4cccc(F)c4)c(Cl)c3)ncnc2cc1OC. The molecular weight excluding hydrogens is 555 g/mol. The third kappa shape index (κ3) is 8.16. The van der Waals surface area contributed by atoms with Gasteiger partial charge in [0.25, 0.3) is 0 Å². The van der Waals surface area contributed by atoms with E-state index in [1.165, 1.54) is 32.6 Å². The van der Waals surface area contributed by atoms with Crippen molar-refractivity contribution in [2.45, 2.75) is 31.7 Å². The van der Waals surface area contributed by atoms with E-state index < -0.39 is 12.2 Å². The van der Waals surface area contributed by atoms with E-state index in [-0.39, 0.29) is 37.8 Å². The number of amides is 1. The second-order valence-electron chi connectivity index (χ2n) is 9.16. The van der Waals surface area contributed by atoms with Gasteiger partial charge in [0.05, 0.1) is 36.3 Å². The number of nitrogens with zero attached hydrogens (tertiary/aromatic N) is 2. The Kier molecular flexibility index (Phi) is 10.1. The number of carbonyl (C=O) groups excluding carboxylic acids is 1. The first-order chi connectivity index (χ1) is 19.7. The molecule has 216 valence electrons. The Morgan fingerprint density at radius 1 is 1.02 bits per heavy atom. The second kappa shape index (κ2) is 13.9. The molecule has 4 rings (SSSR count). The summed E-state index contributed by atoms with van der Waals surface area (Å²) in [4.78, 5) is 20.1. The molecule has 0 aliphatic heterocycles. The maximum Gasteiger partial charge on any atom is 0.222 e. The van der Waals surface area contributed by atoms with Gasteiger partial charge in [-0.3, -0.25) is 4.79 Å². The quantitative estimate of drug-likeness (QED) is 0.180. The van der Waals surface area contributed by atoms with Crippen LogP contribution in [0.2, 0.25) is 5.02 Å². The van der Waals surface area contributed by atoms with Crippen molar-refractivity contribution in [3.05, 3.63) is 77.3 Å². The van der Waals surface area contributed by atoms with Crippen LogP contribution in [0, 0.1) is 5.82 Å². The molecule has 41 heavy (non-hydrogen) atoms. The van der Waals surface area contributed by atoms with Crippen molar-refractivity contribution in [3.63, 3.8) is 0 Å². The van der Waals surface area contributed by atoms with Gasteiger partial charge in [-0.25, -0.2) is 14.4 Å². The summed E-state index contributed by atoms with van der Waals surface area (Å²) in [6, 6.07) is 14.6. The number of benzene rings is 3. The van der Waals surface area contributed by atoms with E-state index in [1.54, 1.807) is 42.5 Å². The van der Waals surface area contributed by atoms with Gasteiger partial charge in [0.2, 0.25) is 5.91 Å². The number of hydrogen-bond donors (Lipinski definition) is 4. The monoisotopic (exact) mass is 584 g/mol. The first-order valence-electron chi connectivity index (χ1n) is 12.7. The van der Waals surface area contributed by atoms with E-state index in [2.05, 4.69) is 20.6 Å². The Bertz CT molecular complexity index is 1510. The highest BCUT2D eigenvalue weighted by Gasteiger charge is 2.18. The summed E-state index contributed by atoms with van der Waals surface area (Å²) in [5.74, 6) is 0.962. The summed E-state index contributed by atoms with van der Waals surface area (Å²) in [7, 11) is 2.96. The van der Waals surface area contributed by atoms with Crippen molar-refractivity contribution in [1.82, 2.24) is 15.3 Å². The van der Waals surface area contributed by atoms with Gasteiger partial charge >= 0.3 is 0 Å². The molecule has 2 unspecified atom stereocenters. The highest BCUT2D eigenvalue weighted by Crippen LogP contribution is 2.36. The minimum atomic E-state index is -1.02. The van der Waals surface area contributed by atoms with Gasteiger partial charge in [-0.15, -0.1) is 0 Å². The maximum absolute atomic E-state index is 13.4. The molecule has 1 aromatic heterocycles. The molecule has 0 saturated heterocycles. The van der Waals surface area contributed by atoms with Gasteiger partial charge in [0, 0.05) is 30.6 Å². The zero-order valence-electron chi connectivity index (χ0n) is 22.4. The first-order valence-corrected chi connectivity index (χ1v) is 13.1. The lowest BCUT2D eigenvalue weighted by molar-refractivity contribution is -0.122. The summed E-state index contributed by atoms with van der Waals surface area (Å²) < 4.78 is 30.4. The van der Waals surface area contributed by atoms with E-state index in [9.17, 15) is 19.4 Å². The number of fused-ring (bicyclic) bond motifs is 1. The van der Waals surface area contributed by atoms with Crippen molar-refractivity contribution in [2.24, 2.45) is 0 Å². The van der Waals surface area contributed by atoms with Crippen LogP contribution in [0.15, 0.2) is 60.9 Å². The van der Waals surface area contributed by atoms with E-state index in [4.69, 9.17) is 25.8 Å². The molecule has 2 atom stereocenters. The van der Waals surface area contributed by atoms with Crippen LogP contribution in [-0.4, -0.2) is 59.1 Å². The van der Waals surface area contributed by atoms with Gasteiger partial charge < -0.3 is 35.1 Å². The fraction of sp³-hybridized carbons (Fsp3) is 0.276. The maximum atomic E-state index is 13.4. The van der Waals surface area contributed by atoms with E-state index in [1.807, 2.05) is 0 Å². The van der Waals surface area contributed by atoms with Crippen molar-refractivity contribution in [3.8, 4) is 17.2 Å². The third-order valence-corrected chi connectivity index (χ3v) is 6.37. The number of aliphatic hydroxyl groups is 2. The Balaban J connectivity index is 1.47. The molecule has 10 nitrogen and oxygen atoms in total. The number of carbonyl (C=O) groups is 1. The predicted molar refractivity (Wildman–Crippen MR) is 152 cm³/mol. The third-order valence-electron chi connectivity index (χ3n) is 6.07. The van der Waals surface area contributed by atoms with Crippen LogP contribution in [0.3, 0.4) is 0 Å². The largest absolute Gasteiger partial charge is 0.493 e. The highest BCUT2D eigenvalue weighted by molar-refractivity contribution is 6.32. The zero-order chi connectivity index (χ0) is 29.4. The summed E-state index contributed by atoms with van der Waals surface area (Å²) in [5.41, 5.74) is 1.89. The number of halogens is 2. The Hall–Kier alpha value is -4.19. The number of hydrogen-bond acceptors (Lipinski definition) is 9. The lowest BCUT2D eigenvalue weighted by Crippen LogP contribution is -2.29. The van der Waals surface area contributed by atoms with Crippen molar-refractivity contribution in [2.75, 3.05) is 26.1 Å². The lowest BCUT2D eigenvalue weighted by Gasteiger charge is -2.18. The number of nitrogens with one attached hydrogen (secondary N) is 2. The van der Waals surface area contributed by atoms with E-state index in [0.717, 1.165) is 0 Å².